The van der Waals surface area contributed by atoms with Crippen LogP contribution in [-0.4, -0.2) is 6.16 Å². The molecule has 22 heavy (non-hydrogen) atoms. The number of benzene rings is 2. The Balaban J connectivity index is 2.04. The second kappa shape index (κ2) is 7.12. The predicted octanol–water partition coefficient (Wildman–Crippen LogP) is 5.51. The zero-order valence-electron chi connectivity index (χ0n) is 13.5. The van der Waals surface area contributed by atoms with Gasteiger partial charge in [0.15, 0.2) is 0 Å². The molecule has 0 radical (unpaired) electrons. The van der Waals surface area contributed by atoms with E-state index in [-0.39, 0.29) is 0 Å². The van der Waals surface area contributed by atoms with E-state index in [1.165, 1.54) is 0 Å². The fourth-order valence-electron chi connectivity index (χ4n) is 2.09. The summed E-state index contributed by atoms with van der Waals surface area (Å²) in [7, 11) is 0. The number of ether oxygens (including phenoxy) is 2. The first-order valence-corrected chi connectivity index (χ1v) is 7.55. The Morgan fingerprint density at radius 1 is 0.773 bits per heavy atom. The molecule has 0 heterocycles. The van der Waals surface area contributed by atoms with Crippen LogP contribution >= 0.6 is 0 Å². The van der Waals surface area contributed by atoms with E-state index in [1.54, 1.807) is 12.1 Å². The van der Waals surface area contributed by atoms with Crippen molar-refractivity contribution in [2.24, 2.45) is 0 Å². The van der Waals surface area contributed by atoms with Crippen LogP contribution in [-0.2, 0) is 0 Å². The van der Waals surface area contributed by atoms with E-state index >= 15 is 0 Å². The average molecular weight is 298 g/mol. The van der Waals surface area contributed by atoms with E-state index in [1.807, 2.05) is 36.4 Å². The molecule has 3 nitrogen and oxygen atoms in total. The summed E-state index contributed by atoms with van der Waals surface area (Å²) in [5, 5.41) is 0. The molecule has 0 amide bonds. The Labute approximate surface area is 131 Å². The fraction of sp³-hybridized carbons (Fsp3) is 0.316. The van der Waals surface area contributed by atoms with Crippen LogP contribution in [0.3, 0.4) is 0 Å². The largest absolute Gasteiger partial charge is 0.519 e. The van der Waals surface area contributed by atoms with Crippen molar-refractivity contribution < 1.29 is 14.3 Å². The van der Waals surface area contributed by atoms with Crippen LogP contribution in [0.5, 0.6) is 11.5 Å². The van der Waals surface area contributed by atoms with Crippen molar-refractivity contribution in [3.05, 3.63) is 59.7 Å². The minimum Gasteiger partial charge on any atom is -0.395 e. The molecule has 0 unspecified atom stereocenters. The molecule has 0 fully saturated rings. The molecule has 0 aliphatic carbocycles. The maximum absolute atomic E-state index is 11.9. The minimum absolute atomic E-state index is 0.377. The summed E-state index contributed by atoms with van der Waals surface area (Å²) in [6, 6.07) is 15.0. The van der Waals surface area contributed by atoms with Gasteiger partial charge in [-0.25, -0.2) is 4.79 Å². The van der Waals surface area contributed by atoms with Gasteiger partial charge in [0.2, 0.25) is 0 Å². The molecule has 0 N–H and O–H groups in total. The molecule has 0 atom stereocenters. The maximum atomic E-state index is 11.9. The van der Waals surface area contributed by atoms with Gasteiger partial charge in [-0.2, -0.15) is 0 Å². The third-order valence-electron chi connectivity index (χ3n) is 3.45. The van der Waals surface area contributed by atoms with E-state index < -0.39 is 6.16 Å². The van der Waals surface area contributed by atoms with E-state index in [0.717, 1.165) is 11.1 Å². The molecular formula is C19H22O3. The highest BCUT2D eigenvalue weighted by Gasteiger charge is 2.10. The molecular weight excluding hydrogens is 276 g/mol. The van der Waals surface area contributed by atoms with Crippen LogP contribution in [0.4, 0.5) is 4.79 Å². The monoisotopic (exact) mass is 298 g/mol. The third-order valence-corrected chi connectivity index (χ3v) is 3.45. The molecule has 0 aliphatic rings. The molecule has 0 bridgehead atoms. The van der Waals surface area contributed by atoms with E-state index in [2.05, 4.69) is 27.7 Å². The summed E-state index contributed by atoms with van der Waals surface area (Å²) in [5.41, 5.74) is 2.24. The highest BCUT2D eigenvalue weighted by molar-refractivity contribution is 5.67. The van der Waals surface area contributed by atoms with Crippen LogP contribution in [0.2, 0.25) is 0 Å². The molecule has 116 valence electrons. The van der Waals surface area contributed by atoms with Crippen molar-refractivity contribution in [2.75, 3.05) is 0 Å². The van der Waals surface area contributed by atoms with Crippen LogP contribution in [0.25, 0.3) is 0 Å². The van der Waals surface area contributed by atoms with Crippen LogP contribution in [0.15, 0.2) is 48.5 Å². The number of carbonyl (C=O) groups is 1. The highest BCUT2D eigenvalue weighted by Crippen LogP contribution is 2.22. The van der Waals surface area contributed by atoms with Gasteiger partial charge in [0.1, 0.15) is 11.5 Å². The summed E-state index contributed by atoms with van der Waals surface area (Å²) >= 11 is 0. The molecule has 0 saturated carbocycles. The molecule has 0 spiro atoms. The first kappa shape index (κ1) is 16.1. The summed E-state index contributed by atoms with van der Waals surface area (Å²) in [5.74, 6) is 1.75. The Morgan fingerprint density at radius 2 is 1.18 bits per heavy atom. The SMILES string of the molecule is CC(C)c1cccc(OC(=O)Oc2cccc(C(C)C)c2)c1. The van der Waals surface area contributed by atoms with Gasteiger partial charge in [-0.15, -0.1) is 0 Å². The van der Waals surface area contributed by atoms with Gasteiger partial charge in [0, 0.05) is 0 Å². The average Bonchev–Trinajstić information content (AvgIpc) is 2.47. The highest BCUT2D eigenvalue weighted by atomic mass is 16.7. The van der Waals surface area contributed by atoms with E-state index in [4.69, 9.17) is 9.47 Å². The topological polar surface area (TPSA) is 35.5 Å². The van der Waals surface area contributed by atoms with Crippen molar-refractivity contribution in [1.29, 1.82) is 0 Å². The molecule has 2 rings (SSSR count). The summed E-state index contributed by atoms with van der Waals surface area (Å²) < 4.78 is 10.5. The van der Waals surface area contributed by atoms with E-state index in [9.17, 15) is 4.79 Å². The lowest BCUT2D eigenvalue weighted by Gasteiger charge is -2.10. The zero-order chi connectivity index (χ0) is 16.1. The zero-order valence-corrected chi connectivity index (χ0v) is 13.5. The van der Waals surface area contributed by atoms with Gasteiger partial charge >= 0.3 is 6.16 Å². The number of rotatable bonds is 4. The summed E-state index contributed by atoms with van der Waals surface area (Å²) in [6.45, 7) is 8.37. The number of hydrogen-bond acceptors (Lipinski definition) is 3. The lowest BCUT2D eigenvalue weighted by molar-refractivity contribution is 0.152. The molecule has 0 saturated heterocycles. The normalized spacial score (nSPS) is 10.8. The van der Waals surface area contributed by atoms with Gasteiger partial charge in [-0.1, -0.05) is 52.0 Å². The molecule has 0 aromatic heterocycles. The van der Waals surface area contributed by atoms with E-state index in [0.29, 0.717) is 23.3 Å². The van der Waals surface area contributed by atoms with Crippen LogP contribution in [0.1, 0.15) is 50.7 Å². The van der Waals surface area contributed by atoms with Gasteiger partial charge in [0.25, 0.3) is 0 Å². The Bertz CT molecular complexity index is 589. The van der Waals surface area contributed by atoms with Gasteiger partial charge < -0.3 is 9.47 Å². The third kappa shape index (κ3) is 4.35. The van der Waals surface area contributed by atoms with Crippen molar-refractivity contribution >= 4 is 6.16 Å². The molecule has 0 aliphatic heterocycles. The van der Waals surface area contributed by atoms with Crippen LogP contribution < -0.4 is 9.47 Å². The predicted molar refractivity (Wildman–Crippen MR) is 87.7 cm³/mol. The van der Waals surface area contributed by atoms with Crippen molar-refractivity contribution in [3.8, 4) is 11.5 Å². The molecule has 3 heteroatoms. The van der Waals surface area contributed by atoms with Crippen molar-refractivity contribution in [1.82, 2.24) is 0 Å². The second-order valence-electron chi connectivity index (χ2n) is 5.91. The first-order valence-electron chi connectivity index (χ1n) is 7.55. The minimum atomic E-state index is -0.721. The summed E-state index contributed by atoms with van der Waals surface area (Å²) in [4.78, 5) is 11.9. The lowest BCUT2D eigenvalue weighted by atomic mass is 10.0. The van der Waals surface area contributed by atoms with Crippen LogP contribution in [0, 0.1) is 0 Å². The Morgan fingerprint density at radius 3 is 1.55 bits per heavy atom. The van der Waals surface area contributed by atoms with Crippen molar-refractivity contribution in [3.63, 3.8) is 0 Å². The quantitative estimate of drug-likeness (QED) is 0.551. The summed E-state index contributed by atoms with van der Waals surface area (Å²) in [6.07, 6.45) is -0.721. The number of carbonyl (C=O) groups excluding carboxylic acids is 1. The standard InChI is InChI=1S/C19H22O3/c1-13(2)15-7-5-9-17(11-15)21-19(20)22-18-10-6-8-16(12-18)14(3)4/h5-14H,1-4H3. The smallest absolute Gasteiger partial charge is 0.395 e. The lowest BCUT2D eigenvalue weighted by Crippen LogP contribution is -2.14. The molecule has 2 aromatic rings. The van der Waals surface area contributed by atoms with Gasteiger partial charge in [-0.05, 0) is 47.2 Å². The first-order chi connectivity index (χ1) is 10.5. The Kier molecular flexibility index (Phi) is 5.21. The maximum Gasteiger partial charge on any atom is 0.519 e. The fourth-order valence-corrected chi connectivity index (χ4v) is 2.09. The Hall–Kier alpha value is -2.29. The van der Waals surface area contributed by atoms with Gasteiger partial charge in [0.05, 0.1) is 0 Å². The van der Waals surface area contributed by atoms with Gasteiger partial charge in [-0.3, -0.25) is 0 Å². The number of hydrogen-bond donors (Lipinski definition) is 0. The molecule has 2 aromatic carbocycles. The second-order valence-corrected chi connectivity index (χ2v) is 5.91. The van der Waals surface area contributed by atoms with Crippen molar-refractivity contribution in [2.45, 2.75) is 39.5 Å².